The molecule has 1 atom stereocenters. The highest BCUT2D eigenvalue weighted by atomic mass is 16.2. The highest BCUT2D eigenvalue weighted by Gasteiger charge is 2.24. The van der Waals surface area contributed by atoms with Crippen LogP contribution in [-0.2, 0) is 24.4 Å². The largest absolute Gasteiger partial charge is 0.352 e. The number of likely N-dealkylation sites (tertiary alicyclic amines) is 1. The lowest BCUT2D eigenvalue weighted by atomic mass is 10.2. The second-order valence-corrected chi connectivity index (χ2v) is 7.69. The van der Waals surface area contributed by atoms with E-state index in [9.17, 15) is 9.59 Å². The van der Waals surface area contributed by atoms with Gasteiger partial charge in [-0.25, -0.2) is 4.79 Å². The summed E-state index contributed by atoms with van der Waals surface area (Å²) in [6.07, 6.45) is 1.28. The molecular formula is C23H28N4O2. The van der Waals surface area contributed by atoms with Gasteiger partial charge < -0.3 is 5.32 Å². The summed E-state index contributed by atoms with van der Waals surface area (Å²) >= 11 is 0. The first-order chi connectivity index (χ1) is 14.2. The molecule has 1 saturated heterocycles. The van der Waals surface area contributed by atoms with E-state index in [1.165, 1.54) is 5.56 Å². The number of aryl methyl sites for hydroxylation is 2. The molecule has 0 aliphatic carbocycles. The van der Waals surface area contributed by atoms with Crippen LogP contribution < -0.4 is 11.0 Å². The van der Waals surface area contributed by atoms with Crippen LogP contribution >= 0.6 is 0 Å². The van der Waals surface area contributed by atoms with Crippen molar-refractivity contribution < 1.29 is 4.79 Å². The molecule has 1 N–H and O–H groups in total. The summed E-state index contributed by atoms with van der Waals surface area (Å²) in [5.41, 5.74) is 3.07. The van der Waals surface area contributed by atoms with Gasteiger partial charge in [0.25, 0.3) is 0 Å². The van der Waals surface area contributed by atoms with Crippen molar-refractivity contribution in [1.29, 1.82) is 0 Å². The van der Waals surface area contributed by atoms with E-state index >= 15 is 0 Å². The zero-order chi connectivity index (χ0) is 20.2. The van der Waals surface area contributed by atoms with Gasteiger partial charge in [0.15, 0.2) is 0 Å². The van der Waals surface area contributed by atoms with E-state index in [0.29, 0.717) is 19.5 Å². The molecule has 4 rings (SSSR count). The van der Waals surface area contributed by atoms with Crippen LogP contribution in [0.2, 0.25) is 0 Å². The number of benzene rings is 2. The number of hydrogen-bond acceptors (Lipinski definition) is 3. The van der Waals surface area contributed by atoms with Crippen LogP contribution in [-0.4, -0.2) is 39.1 Å². The zero-order valence-electron chi connectivity index (χ0n) is 16.9. The molecule has 6 nitrogen and oxygen atoms in total. The molecule has 1 aliphatic heterocycles. The third-order valence-corrected chi connectivity index (χ3v) is 5.69. The Balaban J connectivity index is 1.33. The first-order valence-electron chi connectivity index (χ1n) is 10.4. The van der Waals surface area contributed by atoms with Crippen molar-refractivity contribution >= 4 is 16.9 Å². The van der Waals surface area contributed by atoms with Gasteiger partial charge >= 0.3 is 5.69 Å². The van der Waals surface area contributed by atoms with Crippen molar-refractivity contribution in [3.63, 3.8) is 0 Å². The van der Waals surface area contributed by atoms with Crippen LogP contribution in [0.25, 0.3) is 11.0 Å². The number of fused-ring (bicyclic) bond motifs is 1. The number of aromatic nitrogens is 2. The second kappa shape index (κ2) is 8.66. The quantitative estimate of drug-likeness (QED) is 0.672. The van der Waals surface area contributed by atoms with Gasteiger partial charge in [0.2, 0.25) is 5.91 Å². The molecule has 152 valence electrons. The van der Waals surface area contributed by atoms with Crippen LogP contribution in [0, 0.1) is 0 Å². The van der Waals surface area contributed by atoms with Crippen molar-refractivity contribution in [2.75, 3.05) is 13.1 Å². The van der Waals surface area contributed by atoms with E-state index in [0.717, 1.165) is 37.1 Å². The van der Waals surface area contributed by atoms with Crippen molar-refractivity contribution in [2.24, 2.45) is 0 Å². The highest BCUT2D eigenvalue weighted by Crippen LogP contribution is 2.15. The Morgan fingerprint density at radius 2 is 1.72 bits per heavy atom. The van der Waals surface area contributed by atoms with Gasteiger partial charge in [-0.1, -0.05) is 42.5 Å². The van der Waals surface area contributed by atoms with Crippen molar-refractivity contribution in [2.45, 2.75) is 45.4 Å². The van der Waals surface area contributed by atoms with Crippen LogP contribution in [0.4, 0.5) is 0 Å². The standard InChI is InChI=1S/C23H28N4O2/c1-2-26-20-10-6-7-11-21(20)27(23(26)29)15-13-22(28)24-19-12-14-25(17-19)16-18-8-4-3-5-9-18/h3-11,19H,2,12-17H2,1H3,(H,24,28). The van der Waals surface area contributed by atoms with Crippen molar-refractivity contribution in [3.8, 4) is 0 Å². The molecule has 2 aromatic carbocycles. The topological polar surface area (TPSA) is 59.3 Å². The lowest BCUT2D eigenvalue weighted by Gasteiger charge is -2.17. The molecule has 0 spiro atoms. The lowest BCUT2D eigenvalue weighted by Crippen LogP contribution is -2.37. The Hall–Kier alpha value is -2.86. The number of carbonyl (C=O) groups is 1. The minimum absolute atomic E-state index is 0.0109. The third-order valence-electron chi connectivity index (χ3n) is 5.69. The molecule has 1 unspecified atom stereocenters. The minimum Gasteiger partial charge on any atom is -0.352 e. The predicted octanol–water partition coefficient (Wildman–Crippen LogP) is 2.60. The monoisotopic (exact) mass is 392 g/mol. The van der Waals surface area contributed by atoms with Crippen molar-refractivity contribution in [3.05, 3.63) is 70.6 Å². The number of rotatable bonds is 7. The Bertz CT molecular complexity index is 1040. The SMILES string of the molecule is CCn1c(=O)n(CCC(=O)NC2CCN(Cc3ccccc3)C2)c2ccccc21. The van der Waals surface area contributed by atoms with Gasteiger partial charge in [-0.2, -0.15) is 0 Å². The first kappa shape index (κ1) is 19.5. The number of hydrogen-bond donors (Lipinski definition) is 1. The Kier molecular flexibility index (Phi) is 5.81. The molecule has 1 aromatic heterocycles. The van der Waals surface area contributed by atoms with Gasteiger partial charge in [0, 0.05) is 45.2 Å². The summed E-state index contributed by atoms with van der Waals surface area (Å²) in [7, 11) is 0. The average molecular weight is 393 g/mol. The fourth-order valence-corrected chi connectivity index (χ4v) is 4.24. The lowest BCUT2D eigenvalue weighted by molar-refractivity contribution is -0.121. The fourth-order valence-electron chi connectivity index (χ4n) is 4.24. The van der Waals surface area contributed by atoms with E-state index in [-0.39, 0.29) is 17.6 Å². The molecule has 1 fully saturated rings. The normalized spacial score (nSPS) is 17.1. The van der Waals surface area contributed by atoms with Crippen molar-refractivity contribution in [1.82, 2.24) is 19.4 Å². The van der Waals surface area contributed by atoms with Gasteiger partial charge in [0.05, 0.1) is 11.0 Å². The molecule has 0 saturated carbocycles. The number of imidazole rings is 1. The molecule has 1 amide bonds. The average Bonchev–Trinajstić information content (AvgIpc) is 3.28. The molecular weight excluding hydrogens is 364 g/mol. The Morgan fingerprint density at radius 3 is 2.45 bits per heavy atom. The molecule has 29 heavy (non-hydrogen) atoms. The second-order valence-electron chi connectivity index (χ2n) is 7.69. The maximum Gasteiger partial charge on any atom is 0.329 e. The number of nitrogens with zero attached hydrogens (tertiary/aromatic N) is 3. The van der Waals surface area contributed by atoms with Gasteiger partial charge in [-0.15, -0.1) is 0 Å². The summed E-state index contributed by atoms with van der Waals surface area (Å²) in [5, 5.41) is 3.15. The van der Waals surface area contributed by atoms with Crippen LogP contribution in [0.1, 0.15) is 25.3 Å². The summed E-state index contributed by atoms with van der Waals surface area (Å²) in [6, 6.07) is 18.4. The molecule has 0 radical (unpaired) electrons. The Morgan fingerprint density at radius 1 is 1.03 bits per heavy atom. The maximum absolute atomic E-state index is 12.7. The molecule has 1 aliphatic rings. The summed E-state index contributed by atoms with van der Waals surface area (Å²) in [4.78, 5) is 27.6. The summed E-state index contributed by atoms with van der Waals surface area (Å²) in [6.45, 7) is 5.76. The number of carbonyl (C=O) groups excluding carboxylic acids is 1. The predicted molar refractivity (Wildman–Crippen MR) is 115 cm³/mol. The molecule has 2 heterocycles. The van der Waals surface area contributed by atoms with Gasteiger partial charge in [0.1, 0.15) is 0 Å². The van der Waals surface area contributed by atoms with Gasteiger partial charge in [-0.05, 0) is 31.0 Å². The highest BCUT2D eigenvalue weighted by molar-refractivity contribution is 5.78. The van der Waals surface area contributed by atoms with Crippen LogP contribution in [0.3, 0.4) is 0 Å². The number of amides is 1. The minimum atomic E-state index is -0.0450. The maximum atomic E-state index is 12.7. The molecule has 6 heteroatoms. The van der Waals surface area contributed by atoms with Crippen LogP contribution in [0.5, 0.6) is 0 Å². The Labute approximate surface area is 170 Å². The van der Waals surface area contributed by atoms with E-state index in [4.69, 9.17) is 0 Å². The van der Waals surface area contributed by atoms with Crippen LogP contribution in [0.15, 0.2) is 59.4 Å². The van der Waals surface area contributed by atoms with E-state index < -0.39 is 0 Å². The summed E-state index contributed by atoms with van der Waals surface area (Å²) in [5.74, 6) is 0.0109. The number of para-hydroxylation sites is 2. The van der Waals surface area contributed by atoms with E-state index in [1.54, 1.807) is 9.13 Å². The number of nitrogens with one attached hydrogen (secondary N) is 1. The van der Waals surface area contributed by atoms with E-state index in [2.05, 4.69) is 34.5 Å². The fraction of sp³-hybridized carbons (Fsp3) is 0.391. The third kappa shape index (κ3) is 4.27. The van der Waals surface area contributed by atoms with E-state index in [1.807, 2.05) is 37.3 Å². The van der Waals surface area contributed by atoms with Gasteiger partial charge in [-0.3, -0.25) is 18.8 Å². The zero-order valence-corrected chi connectivity index (χ0v) is 16.9. The smallest absolute Gasteiger partial charge is 0.329 e. The molecule has 3 aromatic rings. The first-order valence-corrected chi connectivity index (χ1v) is 10.4. The summed E-state index contributed by atoms with van der Waals surface area (Å²) < 4.78 is 3.47. The molecule has 0 bridgehead atoms.